The molecule has 0 aliphatic heterocycles. The molecule has 0 saturated heterocycles. The van der Waals surface area contributed by atoms with Gasteiger partial charge in [-0.05, 0) is 44.0 Å². The van der Waals surface area contributed by atoms with Crippen molar-refractivity contribution in [1.29, 1.82) is 0 Å². The van der Waals surface area contributed by atoms with E-state index >= 15 is 0 Å². The van der Waals surface area contributed by atoms with E-state index < -0.39 is 6.10 Å². The predicted molar refractivity (Wildman–Crippen MR) is 82.3 cm³/mol. The van der Waals surface area contributed by atoms with E-state index in [9.17, 15) is 14.4 Å². The van der Waals surface area contributed by atoms with Gasteiger partial charge >= 0.3 is 5.97 Å². The number of carbonyl (C=O) groups excluding carboxylic acids is 3. The number of hydrogen-bond donors (Lipinski definition) is 2. The van der Waals surface area contributed by atoms with E-state index in [2.05, 4.69) is 10.6 Å². The first kappa shape index (κ1) is 16.0. The number of ether oxygens (including phenoxy) is 1. The van der Waals surface area contributed by atoms with Crippen molar-refractivity contribution in [2.75, 3.05) is 10.6 Å². The Bertz CT molecular complexity index is 564. The van der Waals surface area contributed by atoms with E-state index in [0.29, 0.717) is 11.4 Å². The molecule has 6 nitrogen and oxygen atoms in total. The van der Waals surface area contributed by atoms with Crippen LogP contribution in [-0.2, 0) is 19.1 Å². The Hall–Kier alpha value is -2.37. The molecule has 0 unspecified atom stereocenters. The fraction of sp³-hybridized carbons (Fsp3) is 0.438. The normalized spacial score (nSPS) is 15.4. The van der Waals surface area contributed by atoms with Crippen LogP contribution in [0.25, 0.3) is 0 Å². The van der Waals surface area contributed by atoms with Gasteiger partial charge in [0, 0.05) is 18.3 Å². The van der Waals surface area contributed by atoms with Gasteiger partial charge in [0.25, 0.3) is 5.91 Å². The lowest BCUT2D eigenvalue weighted by Gasteiger charge is -2.24. The molecule has 1 aromatic rings. The van der Waals surface area contributed by atoms with Crippen LogP contribution in [0.4, 0.5) is 11.4 Å². The van der Waals surface area contributed by atoms with Crippen LogP contribution in [0, 0.1) is 5.92 Å². The minimum atomic E-state index is -0.830. The van der Waals surface area contributed by atoms with E-state index in [4.69, 9.17) is 4.74 Å². The van der Waals surface area contributed by atoms with E-state index in [1.165, 1.54) is 6.92 Å². The molecule has 22 heavy (non-hydrogen) atoms. The molecule has 1 aliphatic rings. The van der Waals surface area contributed by atoms with Gasteiger partial charge in [-0.2, -0.15) is 0 Å². The lowest BCUT2D eigenvalue weighted by atomic mass is 9.86. The van der Waals surface area contributed by atoms with Crippen molar-refractivity contribution in [2.24, 2.45) is 5.92 Å². The Labute approximate surface area is 129 Å². The first-order valence-electron chi connectivity index (χ1n) is 7.34. The number of carbonyl (C=O) groups is 3. The number of amides is 2. The van der Waals surface area contributed by atoms with Crippen molar-refractivity contribution in [3.63, 3.8) is 0 Å². The lowest BCUT2D eigenvalue weighted by molar-refractivity contribution is -0.159. The van der Waals surface area contributed by atoms with Crippen molar-refractivity contribution in [3.8, 4) is 0 Å². The number of rotatable bonds is 5. The summed E-state index contributed by atoms with van der Waals surface area (Å²) in [5.74, 6) is -0.879. The summed E-state index contributed by atoms with van der Waals surface area (Å²) in [7, 11) is 0. The third kappa shape index (κ3) is 4.31. The largest absolute Gasteiger partial charge is 0.452 e. The molecule has 6 heteroatoms. The molecule has 2 amide bonds. The Morgan fingerprint density at radius 1 is 1.09 bits per heavy atom. The minimum Gasteiger partial charge on any atom is -0.452 e. The highest BCUT2D eigenvalue weighted by atomic mass is 16.5. The molecule has 0 spiro atoms. The van der Waals surface area contributed by atoms with E-state index in [1.54, 1.807) is 31.2 Å². The summed E-state index contributed by atoms with van der Waals surface area (Å²) in [6.07, 6.45) is 1.90. The standard InChI is InChI=1S/C16H20N2O4/c1-10(22-16(21)12-4-3-5-12)15(20)18-14-8-6-13(7-9-14)17-11(2)19/h6-10,12H,3-5H2,1-2H3,(H,17,19)(H,18,20)/t10-/m1/s1. The van der Waals surface area contributed by atoms with E-state index in [1.807, 2.05) is 0 Å². The van der Waals surface area contributed by atoms with Crippen LogP contribution in [-0.4, -0.2) is 23.9 Å². The van der Waals surface area contributed by atoms with Gasteiger partial charge in [0.15, 0.2) is 6.10 Å². The molecule has 2 rings (SSSR count). The Morgan fingerprint density at radius 2 is 1.64 bits per heavy atom. The molecule has 0 heterocycles. The van der Waals surface area contributed by atoms with Gasteiger partial charge in [-0.1, -0.05) is 6.42 Å². The van der Waals surface area contributed by atoms with Crippen LogP contribution in [0.3, 0.4) is 0 Å². The van der Waals surface area contributed by atoms with Crippen LogP contribution >= 0.6 is 0 Å². The van der Waals surface area contributed by atoms with Crippen molar-refractivity contribution < 1.29 is 19.1 Å². The molecule has 118 valence electrons. The summed E-state index contributed by atoms with van der Waals surface area (Å²) < 4.78 is 5.16. The van der Waals surface area contributed by atoms with Crippen molar-refractivity contribution in [3.05, 3.63) is 24.3 Å². The second kappa shape index (κ2) is 7.06. The second-order valence-corrected chi connectivity index (χ2v) is 5.45. The summed E-state index contributed by atoms with van der Waals surface area (Å²) in [4.78, 5) is 34.6. The highest BCUT2D eigenvalue weighted by Gasteiger charge is 2.29. The van der Waals surface area contributed by atoms with Crippen molar-refractivity contribution in [2.45, 2.75) is 39.2 Å². The predicted octanol–water partition coefficient (Wildman–Crippen LogP) is 2.32. The zero-order chi connectivity index (χ0) is 16.1. The zero-order valence-electron chi connectivity index (χ0n) is 12.7. The van der Waals surface area contributed by atoms with Gasteiger partial charge in [-0.3, -0.25) is 14.4 Å². The molecule has 0 radical (unpaired) electrons. The first-order chi connectivity index (χ1) is 10.5. The molecule has 0 aromatic heterocycles. The number of benzene rings is 1. The summed E-state index contributed by atoms with van der Waals surface area (Å²) in [5.41, 5.74) is 1.22. The SMILES string of the molecule is CC(=O)Nc1ccc(NC(=O)[C@@H](C)OC(=O)C2CCC2)cc1. The van der Waals surface area contributed by atoms with Crippen molar-refractivity contribution in [1.82, 2.24) is 0 Å². The maximum absolute atomic E-state index is 12.0. The fourth-order valence-electron chi connectivity index (χ4n) is 2.05. The van der Waals surface area contributed by atoms with Crippen LogP contribution in [0.5, 0.6) is 0 Å². The fourth-order valence-corrected chi connectivity index (χ4v) is 2.05. The molecule has 1 saturated carbocycles. The van der Waals surface area contributed by atoms with Crippen LogP contribution in [0.1, 0.15) is 33.1 Å². The smallest absolute Gasteiger partial charge is 0.309 e. The molecule has 1 aliphatic carbocycles. The van der Waals surface area contributed by atoms with Crippen molar-refractivity contribution >= 4 is 29.2 Å². The summed E-state index contributed by atoms with van der Waals surface area (Å²) in [6.45, 7) is 2.98. The van der Waals surface area contributed by atoms with E-state index in [-0.39, 0.29) is 23.7 Å². The number of anilines is 2. The molecule has 2 N–H and O–H groups in total. The van der Waals surface area contributed by atoms with Gasteiger partial charge in [0.2, 0.25) is 5.91 Å². The van der Waals surface area contributed by atoms with Gasteiger partial charge in [0.1, 0.15) is 0 Å². The number of hydrogen-bond acceptors (Lipinski definition) is 4. The first-order valence-corrected chi connectivity index (χ1v) is 7.34. The Kier molecular flexibility index (Phi) is 5.14. The second-order valence-electron chi connectivity index (χ2n) is 5.45. The highest BCUT2D eigenvalue weighted by molar-refractivity contribution is 5.95. The Morgan fingerprint density at radius 3 is 2.09 bits per heavy atom. The van der Waals surface area contributed by atoms with Crippen LogP contribution in [0.2, 0.25) is 0 Å². The maximum atomic E-state index is 12.0. The zero-order valence-corrected chi connectivity index (χ0v) is 12.7. The third-order valence-electron chi connectivity index (χ3n) is 3.57. The van der Waals surface area contributed by atoms with Gasteiger partial charge in [-0.15, -0.1) is 0 Å². The van der Waals surface area contributed by atoms with Crippen LogP contribution < -0.4 is 10.6 Å². The molecule has 0 bridgehead atoms. The van der Waals surface area contributed by atoms with Crippen LogP contribution in [0.15, 0.2) is 24.3 Å². The highest BCUT2D eigenvalue weighted by Crippen LogP contribution is 2.27. The molecule has 1 aromatic carbocycles. The Balaban J connectivity index is 1.84. The monoisotopic (exact) mass is 304 g/mol. The molecule has 1 fully saturated rings. The third-order valence-corrected chi connectivity index (χ3v) is 3.57. The molecular weight excluding hydrogens is 284 g/mol. The maximum Gasteiger partial charge on any atom is 0.309 e. The van der Waals surface area contributed by atoms with Gasteiger partial charge < -0.3 is 15.4 Å². The summed E-state index contributed by atoms with van der Waals surface area (Å²) in [5, 5.41) is 5.31. The van der Waals surface area contributed by atoms with Gasteiger partial charge in [0.05, 0.1) is 5.92 Å². The molecular formula is C16H20N2O4. The average Bonchev–Trinajstić information content (AvgIpc) is 2.38. The minimum absolute atomic E-state index is 0.0489. The number of nitrogens with one attached hydrogen (secondary N) is 2. The quantitative estimate of drug-likeness (QED) is 0.818. The molecule has 1 atom stereocenters. The summed E-state index contributed by atoms with van der Waals surface area (Å²) >= 11 is 0. The lowest BCUT2D eigenvalue weighted by Crippen LogP contribution is -2.34. The topological polar surface area (TPSA) is 84.5 Å². The van der Waals surface area contributed by atoms with E-state index in [0.717, 1.165) is 19.3 Å². The number of esters is 1. The average molecular weight is 304 g/mol. The van der Waals surface area contributed by atoms with Gasteiger partial charge in [-0.25, -0.2) is 0 Å². The summed E-state index contributed by atoms with van der Waals surface area (Å²) in [6, 6.07) is 6.71.